The molecule has 5 heteroatoms. The molecule has 1 fully saturated rings. The van der Waals surface area contributed by atoms with E-state index in [1.165, 1.54) is 30.6 Å². The molecule has 102 valence electrons. The minimum absolute atomic E-state index is 0.391. The highest BCUT2D eigenvalue weighted by Gasteiger charge is 2.18. The van der Waals surface area contributed by atoms with E-state index in [1.807, 2.05) is 25.1 Å². The van der Waals surface area contributed by atoms with E-state index in [4.69, 9.17) is 0 Å². The van der Waals surface area contributed by atoms with Crippen LogP contribution in [-0.2, 0) is 11.0 Å². The Morgan fingerprint density at radius 1 is 1.32 bits per heavy atom. The summed E-state index contributed by atoms with van der Waals surface area (Å²) in [6, 6.07) is 6.50. The van der Waals surface area contributed by atoms with Gasteiger partial charge in [-0.25, -0.2) is 13.9 Å². The Morgan fingerprint density at radius 2 is 2.11 bits per heavy atom. The van der Waals surface area contributed by atoms with Gasteiger partial charge in [-0.05, 0) is 31.4 Å². The number of nitrogens with one attached hydrogen (secondary N) is 1. The van der Waals surface area contributed by atoms with Gasteiger partial charge < -0.3 is 0 Å². The van der Waals surface area contributed by atoms with Gasteiger partial charge in [-0.1, -0.05) is 31.4 Å². The lowest BCUT2D eigenvalue weighted by molar-refractivity contribution is 0.419. The predicted molar refractivity (Wildman–Crippen MR) is 80.8 cm³/mol. The molecule has 1 aromatic carbocycles. The van der Waals surface area contributed by atoms with E-state index in [1.54, 1.807) is 0 Å². The van der Waals surface area contributed by atoms with Gasteiger partial charge in [-0.15, -0.1) is 11.3 Å². The molecule has 1 N–H and O–H groups in total. The maximum atomic E-state index is 12.3. The van der Waals surface area contributed by atoms with Crippen LogP contribution < -0.4 is 4.72 Å². The maximum Gasteiger partial charge on any atom is 0.197 e. The van der Waals surface area contributed by atoms with Crippen LogP contribution in [0.3, 0.4) is 0 Å². The van der Waals surface area contributed by atoms with Crippen LogP contribution in [0, 0.1) is 6.92 Å². The molecule has 1 saturated carbocycles. The number of rotatable bonds is 3. The minimum Gasteiger partial charge on any atom is -0.235 e. The van der Waals surface area contributed by atoms with Crippen molar-refractivity contribution in [1.82, 2.24) is 9.71 Å². The summed E-state index contributed by atoms with van der Waals surface area (Å²) in [5.41, 5.74) is 2.14. The molecule has 1 aliphatic carbocycles. The van der Waals surface area contributed by atoms with Crippen LogP contribution >= 0.6 is 11.3 Å². The van der Waals surface area contributed by atoms with Crippen LogP contribution in [0.5, 0.6) is 0 Å². The van der Waals surface area contributed by atoms with E-state index >= 15 is 0 Å². The minimum atomic E-state index is -1.16. The van der Waals surface area contributed by atoms with Crippen LogP contribution in [0.1, 0.15) is 37.7 Å². The number of fused-ring (bicyclic) bond motifs is 1. The highest BCUT2D eigenvalue weighted by Crippen LogP contribution is 2.27. The second-order valence-corrected chi connectivity index (χ2v) is 7.57. The van der Waals surface area contributed by atoms with E-state index in [0.29, 0.717) is 10.4 Å². The number of thiazole rings is 1. The molecule has 2 aromatic rings. The van der Waals surface area contributed by atoms with Gasteiger partial charge in [0, 0.05) is 6.04 Å². The lowest BCUT2D eigenvalue weighted by atomic mass is 9.96. The zero-order chi connectivity index (χ0) is 13.2. The largest absolute Gasteiger partial charge is 0.235 e. The number of para-hydroxylation sites is 1. The fourth-order valence-corrected chi connectivity index (χ4v) is 4.87. The van der Waals surface area contributed by atoms with E-state index in [0.717, 1.165) is 28.6 Å². The van der Waals surface area contributed by atoms with E-state index in [2.05, 4.69) is 9.71 Å². The molecule has 1 unspecified atom stereocenters. The highest BCUT2D eigenvalue weighted by molar-refractivity contribution is 7.85. The summed E-state index contributed by atoms with van der Waals surface area (Å²) >= 11 is 1.53. The van der Waals surface area contributed by atoms with Crippen LogP contribution in [0.25, 0.3) is 10.2 Å². The average Bonchev–Trinajstić information content (AvgIpc) is 2.85. The maximum absolute atomic E-state index is 12.3. The Hall–Kier alpha value is -0.780. The third kappa shape index (κ3) is 2.88. The van der Waals surface area contributed by atoms with Gasteiger partial charge in [0.1, 0.15) is 0 Å². The molecule has 0 saturated heterocycles. The Labute approximate surface area is 120 Å². The number of nitrogens with zero attached hydrogens (tertiary/aromatic N) is 1. The molecule has 0 bridgehead atoms. The topological polar surface area (TPSA) is 42.0 Å². The normalized spacial score (nSPS) is 18.8. The standard InChI is InChI=1S/C14H18N2OS2/c1-10-6-5-9-12-13(10)15-14(18-12)19(17)16-11-7-3-2-4-8-11/h5-6,9,11,16H,2-4,7-8H2,1H3. The van der Waals surface area contributed by atoms with Crippen molar-refractivity contribution in [1.29, 1.82) is 0 Å². The Bertz CT molecular complexity index is 603. The van der Waals surface area contributed by atoms with Gasteiger partial charge >= 0.3 is 0 Å². The van der Waals surface area contributed by atoms with Gasteiger partial charge in [-0.2, -0.15) is 0 Å². The summed E-state index contributed by atoms with van der Waals surface area (Å²) in [4.78, 5) is 4.53. The van der Waals surface area contributed by atoms with Crippen molar-refractivity contribution >= 4 is 32.5 Å². The molecule has 1 atom stereocenters. The monoisotopic (exact) mass is 294 g/mol. The van der Waals surface area contributed by atoms with E-state index < -0.39 is 11.0 Å². The predicted octanol–water partition coefficient (Wildman–Crippen LogP) is 3.55. The summed E-state index contributed by atoms with van der Waals surface area (Å²) in [5, 5.41) is 0. The van der Waals surface area contributed by atoms with Gasteiger partial charge in [-0.3, -0.25) is 0 Å². The van der Waals surface area contributed by atoms with Crippen molar-refractivity contribution < 1.29 is 4.21 Å². The Morgan fingerprint density at radius 3 is 2.84 bits per heavy atom. The highest BCUT2D eigenvalue weighted by atomic mass is 32.2. The molecule has 19 heavy (non-hydrogen) atoms. The molecule has 1 heterocycles. The SMILES string of the molecule is Cc1cccc2sc(S(=O)NC3CCCCC3)nc12. The summed E-state index contributed by atoms with van der Waals surface area (Å²) in [6.07, 6.45) is 6.07. The van der Waals surface area contributed by atoms with Crippen molar-refractivity contribution in [2.24, 2.45) is 0 Å². The number of aryl methyl sites for hydroxylation is 1. The third-order valence-corrected chi connectivity index (χ3v) is 6.11. The lowest BCUT2D eigenvalue weighted by Gasteiger charge is -2.21. The van der Waals surface area contributed by atoms with Crippen LogP contribution in [0.4, 0.5) is 0 Å². The van der Waals surface area contributed by atoms with Gasteiger partial charge in [0.15, 0.2) is 15.3 Å². The molecule has 0 aliphatic heterocycles. The molecule has 0 amide bonds. The molecule has 0 spiro atoms. The fraction of sp³-hybridized carbons (Fsp3) is 0.500. The second kappa shape index (κ2) is 5.69. The first-order chi connectivity index (χ1) is 9.24. The van der Waals surface area contributed by atoms with E-state index in [-0.39, 0.29) is 0 Å². The van der Waals surface area contributed by atoms with Gasteiger partial charge in [0.2, 0.25) is 0 Å². The van der Waals surface area contributed by atoms with Crippen molar-refractivity contribution in [3.05, 3.63) is 23.8 Å². The first kappa shape index (κ1) is 13.2. The third-order valence-electron chi connectivity index (χ3n) is 3.64. The van der Waals surface area contributed by atoms with Gasteiger partial charge in [0.25, 0.3) is 0 Å². The number of benzene rings is 1. The van der Waals surface area contributed by atoms with Crippen LogP contribution in [0.2, 0.25) is 0 Å². The van der Waals surface area contributed by atoms with Crippen molar-refractivity contribution in [3.63, 3.8) is 0 Å². The van der Waals surface area contributed by atoms with Crippen molar-refractivity contribution in [2.45, 2.75) is 49.4 Å². The lowest BCUT2D eigenvalue weighted by Crippen LogP contribution is -2.32. The zero-order valence-electron chi connectivity index (χ0n) is 11.0. The molecule has 3 nitrogen and oxygen atoms in total. The summed E-state index contributed by atoms with van der Waals surface area (Å²) in [5.74, 6) is 0. The first-order valence-corrected chi connectivity index (χ1v) is 8.75. The average molecular weight is 294 g/mol. The first-order valence-electron chi connectivity index (χ1n) is 6.78. The Kier molecular flexibility index (Phi) is 3.96. The van der Waals surface area contributed by atoms with E-state index in [9.17, 15) is 4.21 Å². The second-order valence-electron chi connectivity index (χ2n) is 5.12. The number of hydrogen-bond donors (Lipinski definition) is 1. The van der Waals surface area contributed by atoms with Crippen LogP contribution in [0.15, 0.2) is 22.5 Å². The van der Waals surface area contributed by atoms with Crippen molar-refractivity contribution in [2.75, 3.05) is 0 Å². The Balaban J connectivity index is 1.79. The summed E-state index contributed by atoms with van der Waals surface area (Å²) < 4.78 is 17.4. The summed E-state index contributed by atoms with van der Waals surface area (Å²) in [7, 11) is -1.16. The molecule has 1 aromatic heterocycles. The fourth-order valence-electron chi connectivity index (χ4n) is 2.57. The quantitative estimate of drug-likeness (QED) is 0.940. The number of aromatic nitrogens is 1. The number of hydrogen-bond acceptors (Lipinski definition) is 3. The zero-order valence-corrected chi connectivity index (χ0v) is 12.6. The van der Waals surface area contributed by atoms with Crippen LogP contribution in [-0.4, -0.2) is 15.2 Å². The molecular formula is C14H18N2OS2. The smallest absolute Gasteiger partial charge is 0.197 e. The van der Waals surface area contributed by atoms with Gasteiger partial charge in [0.05, 0.1) is 10.2 Å². The van der Waals surface area contributed by atoms with Crippen molar-refractivity contribution in [3.8, 4) is 0 Å². The molecule has 3 rings (SSSR count). The molecule has 0 radical (unpaired) electrons. The molecule has 1 aliphatic rings. The summed E-state index contributed by atoms with van der Waals surface area (Å²) in [6.45, 7) is 2.04. The molecular weight excluding hydrogens is 276 g/mol.